The number of fused-ring (bicyclic) bond motifs is 1. The van der Waals surface area contributed by atoms with Crippen molar-refractivity contribution in [3.63, 3.8) is 0 Å². The molecule has 0 saturated carbocycles. The van der Waals surface area contributed by atoms with Crippen LogP contribution in [0.2, 0.25) is 0 Å². The third kappa shape index (κ3) is 4.23. The van der Waals surface area contributed by atoms with E-state index in [1.54, 1.807) is 45.7 Å². The van der Waals surface area contributed by atoms with Crippen LogP contribution in [0, 0.1) is 0 Å². The van der Waals surface area contributed by atoms with Gasteiger partial charge in [-0.3, -0.25) is 9.78 Å². The Morgan fingerprint density at radius 2 is 1.71 bits per heavy atom. The van der Waals surface area contributed by atoms with Gasteiger partial charge in [-0.25, -0.2) is 0 Å². The lowest BCUT2D eigenvalue weighted by Crippen LogP contribution is -2.20. The molecule has 1 heterocycles. The molecule has 0 fully saturated rings. The first kappa shape index (κ1) is 19.2. The number of carbonyl (C=O) groups excluding carboxylic acids is 1. The average Bonchev–Trinajstić information content (AvgIpc) is 2.75. The van der Waals surface area contributed by atoms with Gasteiger partial charge < -0.3 is 19.5 Å². The highest BCUT2D eigenvalue weighted by Crippen LogP contribution is 2.34. The second-order valence-electron chi connectivity index (χ2n) is 5.99. The molecular weight excluding hydrogens is 356 g/mol. The zero-order valence-corrected chi connectivity index (χ0v) is 16.1. The number of amides is 1. The molecule has 6 heteroatoms. The molecule has 6 nitrogen and oxygen atoms in total. The minimum Gasteiger partial charge on any atom is -0.496 e. The van der Waals surface area contributed by atoms with Crippen molar-refractivity contribution in [1.82, 2.24) is 10.3 Å². The van der Waals surface area contributed by atoms with Gasteiger partial charge in [0.2, 0.25) is 5.91 Å². The number of ether oxygens (including phenoxy) is 3. The first-order valence-electron chi connectivity index (χ1n) is 8.74. The predicted octanol–water partition coefficient (Wildman–Crippen LogP) is 3.59. The summed E-state index contributed by atoms with van der Waals surface area (Å²) in [5.74, 6) is 1.53. The monoisotopic (exact) mass is 378 g/mol. The molecule has 1 amide bonds. The van der Waals surface area contributed by atoms with E-state index < -0.39 is 0 Å². The summed E-state index contributed by atoms with van der Waals surface area (Å²) >= 11 is 0. The molecule has 0 saturated heterocycles. The van der Waals surface area contributed by atoms with Crippen molar-refractivity contribution >= 4 is 22.9 Å². The first-order valence-corrected chi connectivity index (χ1v) is 8.74. The number of nitrogens with one attached hydrogen (secondary N) is 1. The third-order valence-electron chi connectivity index (χ3n) is 4.32. The van der Waals surface area contributed by atoms with Crippen LogP contribution in [0.5, 0.6) is 17.2 Å². The van der Waals surface area contributed by atoms with Crippen molar-refractivity contribution in [2.75, 3.05) is 21.3 Å². The summed E-state index contributed by atoms with van der Waals surface area (Å²) in [6, 6.07) is 13.3. The molecule has 3 rings (SSSR count). The highest BCUT2D eigenvalue weighted by atomic mass is 16.5. The van der Waals surface area contributed by atoms with Gasteiger partial charge in [0, 0.05) is 41.4 Å². The van der Waals surface area contributed by atoms with Gasteiger partial charge in [-0.15, -0.1) is 0 Å². The number of benzene rings is 2. The van der Waals surface area contributed by atoms with Gasteiger partial charge in [0.25, 0.3) is 0 Å². The molecule has 2 aromatic carbocycles. The number of methoxy groups -OCH3 is 3. The van der Waals surface area contributed by atoms with Crippen molar-refractivity contribution in [1.29, 1.82) is 0 Å². The van der Waals surface area contributed by atoms with E-state index >= 15 is 0 Å². The van der Waals surface area contributed by atoms with Crippen LogP contribution in [0.4, 0.5) is 0 Å². The Labute approximate surface area is 163 Å². The summed E-state index contributed by atoms with van der Waals surface area (Å²) < 4.78 is 16.0. The summed E-state index contributed by atoms with van der Waals surface area (Å²) in [5.41, 5.74) is 2.53. The molecule has 0 unspecified atom stereocenters. The van der Waals surface area contributed by atoms with Gasteiger partial charge in [-0.05, 0) is 18.2 Å². The van der Waals surface area contributed by atoms with E-state index in [1.165, 1.54) is 6.08 Å². The van der Waals surface area contributed by atoms with Crippen LogP contribution in [0.15, 0.2) is 54.7 Å². The molecule has 0 aliphatic rings. The van der Waals surface area contributed by atoms with Crippen LogP contribution in [0.1, 0.15) is 11.1 Å². The van der Waals surface area contributed by atoms with Crippen molar-refractivity contribution in [3.05, 3.63) is 65.9 Å². The van der Waals surface area contributed by atoms with Crippen LogP contribution < -0.4 is 19.5 Å². The summed E-state index contributed by atoms with van der Waals surface area (Å²) in [5, 5.41) is 3.89. The normalized spacial score (nSPS) is 10.8. The Morgan fingerprint density at radius 1 is 1.00 bits per heavy atom. The molecule has 0 spiro atoms. The maximum Gasteiger partial charge on any atom is 0.244 e. The fourth-order valence-corrected chi connectivity index (χ4v) is 2.90. The zero-order valence-electron chi connectivity index (χ0n) is 16.1. The van der Waals surface area contributed by atoms with E-state index in [0.717, 1.165) is 22.0 Å². The number of aromatic nitrogens is 1. The molecule has 144 valence electrons. The third-order valence-corrected chi connectivity index (χ3v) is 4.32. The fourth-order valence-electron chi connectivity index (χ4n) is 2.90. The van der Waals surface area contributed by atoms with E-state index in [2.05, 4.69) is 10.3 Å². The lowest BCUT2D eigenvalue weighted by Gasteiger charge is -2.14. The minimum atomic E-state index is -0.218. The van der Waals surface area contributed by atoms with E-state index in [0.29, 0.717) is 23.8 Å². The second kappa shape index (κ2) is 8.90. The van der Waals surface area contributed by atoms with Crippen molar-refractivity contribution in [3.8, 4) is 17.2 Å². The number of para-hydroxylation sites is 1. The maximum absolute atomic E-state index is 12.3. The van der Waals surface area contributed by atoms with Crippen molar-refractivity contribution in [2.24, 2.45) is 0 Å². The average molecular weight is 378 g/mol. The van der Waals surface area contributed by atoms with Gasteiger partial charge >= 0.3 is 0 Å². The van der Waals surface area contributed by atoms with Crippen molar-refractivity contribution < 1.29 is 19.0 Å². The van der Waals surface area contributed by atoms with Gasteiger partial charge in [0.05, 0.1) is 26.8 Å². The number of hydrogen-bond donors (Lipinski definition) is 1. The first-order chi connectivity index (χ1) is 13.7. The SMILES string of the molecule is COc1cc(OC)c(OC)cc1CNC(=O)/C=C/c1cccc2cccnc12. The molecule has 0 bridgehead atoms. The summed E-state index contributed by atoms with van der Waals surface area (Å²) in [6.07, 6.45) is 5.00. The lowest BCUT2D eigenvalue weighted by molar-refractivity contribution is -0.116. The molecule has 0 atom stereocenters. The van der Waals surface area contributed by atoms with Crippen LogP contribution in [-0.2, 0) is 11.3 Å². The Kier molecular flexibility index (Phi) is 6.11. The molecule has 0 aliphatic heterocycles. The Morgan fingerprint density at radius 3 is 2.46 bits per heavy atom. The summed E-state index contributed by atoms with van der Waals surface area (Å²) in [4.78, 5) is 16.7. The number of carbonyl (C=O) groups is 1. The Balaban J connectivity index is 1.73. The molecule has 28 heavy (non-hydrogen) atoms. The molecular formula is C22H22N2O4. The molecule has 0 aliphatic carbocycles. The van der Waals surface area contributed by atoms with Crippen LogP contribution >= 0.6 is 0 Å². The summed E-state index contributed by atoms with van der Waals surface area (Å²) in [6.45, 7) is 0.292. The van der Waals surface area contributed by atoms with Crippen LogP contribution in [0.25, 0.3) is 17.0 Å². The quantitative estimate of drug-likeness (QED) is 0.636. The molecule has 0 radical (unpaired) electrons. The number of pyridine rings is 1. The van der Waals surface area contributed by atoms with E-state index in [-0.39, 0.29) is 5.91 Å². The minimum absolute atomic E-state index is 0.218. The summed E-state index contributed by atoms with van der Waals surface area (Å²) in [7, 11) is 4.69. The van der Waals surface area contributed by atoms with Crippen LogP contribution in [-0.4, -0.2) is 32.2 Å². The largest absolute Gasteiger partial charge is 0.496 e. The number of nitrogens with zero attached hydrogens (tertiary/aromatic N) is 1. The fraction of sp³-hybridized carbons (Fsp3) is 0.182. The standard InChI is InChI=1S/C22H22N2O4/c1-26-18-13-20(28-3)19(27-2)12-17(18)14-24-21(25)10-9-16-7-4-6-15-8-5-11-23-22(15)16/h4-13H,14H2,1-3H3,(H,24,25)/b10-9+. The molecule has 1 aromatic heterocycles. The van der Waals surface area contributed by atoms with E-state index in [4.69, 9.17) is 14.2 Å². The van der Waals surface area contributed by atoms with Crippen LogP contribution in [0.3, 0.4) is 0 Å². The highest BCUT2D eigenvalue weighted by Gasteiger charge is 2.12. The molecule has 3 aromatic rings. The molecule has 1 N–H and O–H groups in total. The smallest absolute Gasteiger partial charge is 0.244 e. The van der Waals surface area contributed by atoms with Gasteiger partial charge in [-0.1, -0.05) is 24.3 Å². The van der Waals surface area contributed by atoms with E-state index in [1.807, 2.05) is 30.3 Å². The van der Waals surface area contributed by atoms with Crippen molar-refractivity contribution in [2.45, 2.75) is 6.54 Å². The van der Waals surface area contributed by atoms with E-state index in [9.17, 15) is 4.79 Å². The van der Waals surface area contributed by atoms with Gasteiger partial charge in [0.15, 0.2) is 11.5 Å². The predicted molar refractivity (Wildman–Crippen MR) is 109 cm³/mol. The number of hydrogen-bond acceptors (Lipinski definition) is 5. The maximum atomic E-state index is 12.3. The zero-order chi connectivity index (χ0) is 19.9. The Hall–Kier alpha value is -3.54. The number of rotatable bonds is 7. The van der Waals surface area contributed by atoms with Gasteiger partial charge in [0.1, 0.15) is 5.75 Å². The van der Waals surface area contributed by atoms with Gasteiger partial charge in [-0.2, -0.15) is 0 Å². The Bertz CT molecular complexity index is 1010. The second-order valence-corrected chi connectivity index (χ2v) is 5.99. The lowest BCUT2D eigenvalue weighted by atomic mass is 10.1. The highest BCUT2D eigenvalue weighted by molar-refractivity contribution is 5.95. The topological polar surface area (TPSA) is 69.7 Å².